The van der Waals surface area contributed by atoms with Crippen LogP contribution in [0.15, 0.2) is 18.3 Å². The van der Waals surface area contributed by atoms with E-state index in [0.717, 1.165) is 0 Å². The molecule has 1 rings (SSSR count). The van der Waals surface area contributed by atoms with Crippen LogP contribution < -0.4 is 10.5 Å². The molecule has 98 valence electrons. The third-order valence-corrected chi connectivity index (χ3v) is 3.53. The summed E-state index contributed by atoms with van der Waals surface area (Å²) < 4.78 is 25.9. The average molecular weight is 267 g/mol. The number of hydrogen-bond donors (Lipinski definition) is 2. The van der Waals surface area contributed by atoms with Gasteiger partial charge in [0.15, 0.2) is 0 Å². The van der Waals surface area contributed by atoms with E-state index in [-0.39, 0.29) is 24.0 Å². The van der Waals surface area contributed by atoms with Gasteiger partial charge in [-0.25, -0.2) is 13.4 Å². The van der Waals surface area contributed by atoms with Crippen molar-refractivity contribution in [3.63, 3.8) is 0 Å². The van der Waals surface area contributed by atoms with Gasteiger partial charge in [0, 0.05) is 11.8 Å². The van der Waals surface area contributed by atoms with Gasteiger partial charge in [0.25, 0.3) is 0 Å². The fourth-order valence-corrected chi connectivity index (χ4v) is 2.75. The van der Waals surface area contributed by atoms with Gasteiger partial charge in [-0.15, -0.1) is 0 Å². The number of sulfonamides is 1. The summed E-state index contributed by atoms with van der Waals surface area (Å²) in [6, 6.07) is 3.28. The second kappa shape index (κ2) is 6.38. The van der Waals surface area contributed by atoms with Gasteiger partial charge in [-0.1, -0.05) is 25.7 Å². The van der Waals surface area contributed by atoms with E-state index in [2.05, 4.69) is 21.5 Å². The third kappa shape index (κ3) is 5.17. The van der Waals surface area contributed by atoms with E-state index in [9.17, 15) is 8.42 Å². The van der Waals surface area contributed by atoms with E-state index < -0.39 is 10.0 Å². The Bertz CT molecular complexity index is 556. The quantitative estimate of drug-likeness (QED) is 0.790. The Morgan fingerprint density at radius 2 is 2.22 bits per heavy atom. The van der Waals surface area contributed by atoms with Crippen LogP contribution in [0.3, 0.4) is 0 Å². The van der Waals surface area contributed by atoms with Crippen LogP contribution in [0.25, 0.3) is 0 Å². The van der Waals surface area contributed by atoms with Crippen LogP contribution >= 0.6 is 0 Å². The lowest BCUT2D eigenvalue weighted by molar-refractivity contribution is 0.587. The number of anilines is 1. The minimum absolute atomic E-state index is 0.0581. The molecule has 18 heavy (non-hydrogen) atoms. The molecule has 0 radical (unpaired) electrons. The van der Waals surface area contributed by atoms with Crippen LogP contribution in [0.1, 0.15) is 19.4 Å². The summed E-state index contributed by atoms with van der Waals surface area (Å²) in [4.78, 5) is 3.95. The van der Waals surface area contributed by atoms with Crippen molar-refractivity contribution < 1.29 is 8.42 Å². The molecule has 0 aliphatic heterocycles. The molecular weight excluding hydrogens is 250 g/mol. The largest absolute Gasteiger partial charge is 0.320 e. The molecule has 0 spiro atoms. The van der Waals surface area contributed by atoms with Crippen molar-refractivity contribution in [3.8, 4) is 11.8 Å². The molecule has 5 nitrogen and oxygen atoms in total. The van der Waals surface area contributed by atoms with E-state index in [1.54, 1.807) is 12.1 Å². The van der Waals surface area contributed by atoms with E-state index in [1.165, 1.54) is 6.20 Å². The van der Waals surface area contributed by atoms with E-state index >= 15 is 0 Å². The van der Waals surface area contributed by atoms with Crippen LogP contribution in [-0.4, -0.2) is 25.7 Å². The zero-order valence-corrected chi connectivity index (χ0v) is 11.3. The molecule has 0 aliphatic carbocycles. The lowest BCUT2D eigenvalue weighted by Gasteiger charge is -2.09. The Morgan fingerprint density at radius 1 is 1.50 bits per heavy atom. The summed E-state index contributed by atoms with van der Waals surface area (Å²) in [5.74, 6) is 5.92. The lowest BCUT2D eigenvalue weighted by Crippen LogP contribution is -2.20. The third-order valence-electron chi connectivity index (χ3n) is 1.91. The van der Waals surface area contributed by atoms with Gasteiger partial charge in [0.2, 0.25) is 10.0 Å². The van der Waals surface area contributed by atoms with E-state index in [1.807, 2.05) is 13.8 Å². The van der Waals surface area contributed by atoms with Crippen LogP contribution in [0, 0.1) is 17.8 Å². The molecule has 6 heteroatoms. The Morgan fingerprint density at radius 3 is 2.83 bits per heavy atom. The number of pyridine rings is 1. The molecule has 3 N–H and O–H groups in total. The summed E-state index contributed by atoms with van der Waals surface area (Å²) in [7, 11) is -3.36. The second-order valence-corrected chi connectivity index (χ2v) is 5.98. The summed E-state index contributed by atoms with van der Waals surface area (Å²) in [6.45, 7) is 3.95. The van der Waals surface area contributed by atoms with Gasteiger partial charge < -0.3 is 5.73 Å². The molecule has 0 atom stereocenters. The van der Waals surface area contributed by atoms with Crippen molar-refractivity contribution in [2.24, 2.45) is 11.7 Å². The number of nitrogens with two attached hydrogens (primary N) is 1. The number of hydrogen-bond acceptors (Lipinski definition) is 4. The maximum absolute atomic E-state index is 11.7. The predicted molar refractivity (Wildman–Crippen MR) is 72.4 cm³/mol. The van der Waals surface area contributed by atoms with Crippen molar-refractivity contribution in [2.45, 2.75) is 13.8 Å². The number of nitrogens with one attached hydrogen (secondary N) is 1. The van der Waals surface area contributed by atoms with Crippen LogP contribution in [0.4, 0.5) is 5.82 Å². The highest BCUT2D eigenvalue weighted by molar-refractivity contribution is 7.92. The Hall–Kier alpha value is -1.58. The summed E-state index contributed by atoms with van der Waals surface area (Å²) in [6.07, 6.45) is 1.51. The molecule has 1 heterocycles. The zero-order valence-electron chi connectivity index (χ0n) is 10.5. The lowest BCUT2D eigenvalue weighted by atomic mass is 10.2. The highest BCUT2D eigenvalue weighted by Crippen LogP contribution is 2.09. The molecule has 0 bridgehead atoms. The SMILES string of the molecule is CC(C)CS(=O)(=O)Nc1cc(C#CCN)ccn1. The molecule has 0 amide bonds. The van der Waals surface area contributed by atoms with Gasteiger partial charge in [-0.05, 0) is 18.1 Å². The summed E-state index contributed by atoms with van der Waals surface area (Å²) >= 11 is 0. The minimum Gasteiger partial charge on any atom is -0.320 e. The molecule has 1 aromatic heterocycles. The predicted octanol–water partition coefficient (Wildman–Crippen LogP) is 0.790. The van der Waals surface area contributed by atoms with Gasteiger partial charge in [0.1, 0.15) is 5.82 Å². The van der Waals surface area contributed by atoms with Crippen LogP contribution in [0.5, 0.6) is 0 Å². The molecule has 0 fully saturated rings. The average Bonchev–Trinajstić information content (AvgIpc) is 2.24. The normalized spacial score (nSPS) is 10.9. The first-order valence-corrected chi connectivity index (χ1v) is 7.23. The molecule has 1 aromatic rings. The monoisotopic (exact) mass is 267 g/mol. The fraction of sp³-hybridized carbons (Fsp3) is 0.417. The number of nitrogens with zero attached hydrogens (tertiary/aromatic N) is 1. The number of rotatable bonds is 4. The molecule has 0 aliphatic rings. The fourth-order valence-electron chi connectivity index (χ4n) is 1.36. The summed E-state index contributed by atoms with van der Waals surface area (Å²) in [5, 5.41) is 0. The zero-order chi connectivity index (χ0) is 13.6. The first-order chi connectivity index (χ1) is 8.43. The maximum atomic E-state index is 11.7. The van der Waals surface area contributed by atoms with Gasteiger partial charge in [0.05, 0.1) is 12.3 Å². The topological polar surface area (TPSA) is 85.1 Å². The van der Waals surface area contributed by atoms with E-state index in [4.69, 9.17) is 5.73 Å². The van der Waals surface area contributed by atoms with Crippen LogP contribution in [-0.2, 0) is 10.0 Å². The van der Waals surface area contributed by atoms with Gasteiger partial charge in [-0.3, -0.25) is 4.72 Å². The highest BCUT2D eigenvalue weighted by atomic mass is 32.2. The first kappa shape index (κ1) is 14.5. The van der Waals surface area contributed by atoms with E-state index in [0.29, 0.717) is 5.56 Å². The van der Waals surface area contributed by atoms with Crippen molar-refractivity contribution in [1.82, 2.24) is 4.98 Å². The maximum Gasteiger partial charge on any atom is 0.234 e. The molecule has 0 saturated carbocycles. The Balaban J connectivity index is 2.85. The molecule has 0 saturated heterocycles. The first-order valence-electron chi connectivity index (χ1n) is 5.58. The summed E-state index contributed by atoms with van der Waals surface area (Å²) in [5.41, 5.74) is 5.95. The number of aromatic nitrogens is 1. The van der Waals surface area contributed by atoms with Gasteiger partial charge in [-0.2, -0.15) is 0 Å². The van der Waals surface area contributed by atoms with Crippen molar-refractivity contribution >= 4 is 15.8 Å². The van der Waals surface area contributed by atoms with Crippen molar-refractivity contribution in [1.29, 1.82) is 0 Å². The molecule has 0 aromatic carbocycles. The molecular formula is C12H17N3O2S. The second-order valence-electron chi connectivity index (χ2n) is 4.21. The molecule has 0 unspecified atom stereocenters. The Kier molecular flexibility index (Phi) is 5.13. The standard InChI is InChI=1S/C12H17N3O2S/c1-10(2)9-18(16,17)15-12-8-11(4-3-6-13)5-7-14-12/h5,7-8,10H,6,9,13H2,1-2H3,(H,14,15). The Labute approximate surface area is 108 Å². The minimum atomic E-state index is -3.36. The van der Waals surface area contributed by atoms with Crippen molar-refractivity contribution in [2.75, 3.05) is 17.0 Å². The highest BCUT2D eigenvalue weighted by Gasteiger charge is 2.13. The van der Waals surface area contributed by atoms with Gasteiger partial charge >= 0.3 is 0 Å². The smallest absolute Gasteiger partial charge is 0.234 e. The van der Waals surface area contributed by atoms with Crippen molar-refractivity contribution in [3.05, 3.63) is 23.9 Å². The van der Waals surface area contributed by atoms with Crippen LogP contribution in [0.2, 0.25) is 0 Å².